The summed E-state index contributed by atoms with van der Waals surface area (Å²) in [5.41, 5.74) is 10.4. The van der Waals surface area contributed by atoms with Gasteiger partial charge < -0.3 is 4.42 Å². The summed E-state index contributed by atoms with van der Waals surface area (Å²) in [4.78, 5) is 14.9. The first-order valence-corrected chi connectivity index (χ1v) is 17.4. The molecule has 0 saturated heterocycles. The van der Waals surface area contributed by atoms with Gasteiger partial charge >= 0.3 is 0 Å². The van der Waals surface area contributed by atoms with Gasteiger partial charge in [-0.1, -0.05) is 103 Å². The van der Waals surface area contributed by atoms with Crippen molar-refractivity contribution in [3.63, 3.8) is 0 Å². The summed E-state index contributed by atoms with van der Waals surface area (Å²) >= 11 is 1.84. The Morgan fingerprint density at radius 1 is 0.440 bits per heavy atom. The Hall–Kier alpha value is -6.43. The molecule has 50 heavy (non-hydrogen) atoms. The summed E-state index contributed by atoms with van der Waals surface area (Å²) in [5.74, 6) is 0.641. The van der Waals surface area contributed by atoms with Crippen LogP contribution in [0.3, 0.4) is 0 Å². The van der Waals surface area contributed by atoms with E-state index in [4.69, 9.17) is 14.4 Å². The molecule has 0 N–H and O–H groups in total. The average molecular weight is 658 g/mol. The van der Waals surface area contributed by atoms with E-state index in [1.165, 1.54) is 20.2 Å². The van der Waals surface area contributed by atoms with E-state index < -0.39 is 0 Å². The molecule has 0 aliphatic carbocycles. The third-order valence-electron chi connectivity index (χ3n) is 9.37. The molecule has 0 radical (unpaired) electrons. The zero-order chi connectivity index (χ0) is 33.0. The Morgan fingerprint density at radius 3 is 2.08 bits per heavy atom. The molecule has 4 aromatic heterocycles. The predicted octanol–water partition coefficient (Wildman–Crippen LogP) is 12.5. The van der Waals surface area contributed by atoms with Gasteiger partial charge in [-0.15, -0.1) is 11.3 Å². The molecule has 0 saturated carbocycles. The van der Waals surface area contributed by atoms with E-state index in [1.54, 1.807) is 0 Å². The largest absolute Gasteiger partial charge is 0.455 e. The third kappa shape index (κ3) is 4.79. The summed E-state index contributed by atoms with van der Waals surface area (Å²) in [7, 11) is 0. The number of pyridine rings is 1. The molecule has 6 aromatic carbocycles. The lowest BCUT2D eigenvalue weighted by molar-refractivity contribution is 0.670. The van der Waals surface area contributed by atoms with Gasteiger partial charge in [0.25, 0.3) is 0 Å². The van der Waals surface area contributed by atoms with Crippen LogP contribution < -0.4 is 0 Å². The van der Waals surface area contributed by atoms with Crippen LogP contribution in [-0.2, 0) is 0 Å². The number of rotatable bonds is 5. The van der Waals surface area contributed by atoms with Crippen LogP contribution in [0.4, 0.5) is 0 Å². The van der Waals surface area contributed by atoms with Gasteiger partial charge in [0.05, 0.1) is 17.1 Å². The van der Waals surface area contributed by atoms with Gasteiger partial charge in [-0.3, -0.25) is 4.98 Å². The monoisotopic (exact) mass is 657 g/mol. The van der Waals surface area contributed by atoms with Crippen molar-refractivity contribution in [2.24, 2.45) is 0 Å². The van der Waals surface area contributed by atoms with Crippen molar-refractivity contribution in [2.45, 2.75) is 0 Å². The molecule has 0 atom stereocenters. The Bertz CT molecular complexity index is 2870. The zero-order valence-corrected chi connectivity index (χ0v) is 27.6. The Morgan fingerprint density at radius 2 is 1.18 bits per heavy atom. The molecule has 0 fully saturated rings. The van der Waals surface area contributed by atoms with E-state index in [2.05, 4.69) is 108 Å². The van der Waals surface area contributed by atoms with Crippen LogP contribution in [0.15, 0.2) is 168 Å². The number of para-hydroxylation sites is 1. The van der Waals surface area contributed by atoms with Gasteiger partial charge in [-0.05, 0) is 65.7 Å². The fourth-order valence-electron chi connectivity index (χ4n) is 6.99. The lowest BCUT2D eigenvalue weighted by Gasteiger charge is -2.12. The van der Waals surface area contributed by atoms with Gasteiger partial charge in [0.15, 0.2) is 5.82 Å². The second kappa shape index (κ2) is 11.6. The summed E-state index contributed by atoms with van der Waals surface area (Å²) in [6, 6.07) is 54.7. The smallest absolute Gasteiger partial charge is 0.160 e. The molecular weight excluding hydrogens is 631 g/mol. The van der Waals surface area contributed by atoms with Crippen molar-refractivity contribution in [1.29, 1.82) is 0 Å². The molecule has 0 amide bonds. The molecule has 0 bridgehead atoms. The minimum absolute atomic E-state index is 0.641. The van der Waals surface area contributed by atoms with Gasteiger partial charge in [0.1, 0.15) is 11.2 Å². The molecular formula is C45H27N3OS. The minimum atomic E-state index is 0.641. The molecule has 4 nitrogen and oxygen atoms in total. The summed E-state index contributed by atoms with van der Waals surface area (Å²) in [6.07, 6.45) is 1.82. The fraction of sp³-hybridized carbons (Fsp3) is 0. The number of nitrogens with zero attached hydrogens (tertiary/aromatic N) is 3. The van der Waals surface area contributed by atoms with Crippen LogP contribution in [-0.4, -0.2) is 15.0 Å². The summed E-state index contributed by atoms with van der Waals surface area (Å²) in [6.45, 7) is 0. The molecule has 10 rings (SSSR count). The van der Waals surface area contributed by atoms with Gasteiger partial charge in [-0.25, -0.2) is 9.97 Å². The maximum Gasteiger partial charge on any atom is 0.160 e. The number of thiophene rings is 1. The molecule has 4 heterocycles. The van der Waals surface area contributed by atoms with Gasteiger partial charge in [-0.2, -0.15) is 0 Å². The van der Waals surface area contributed by atoms with E-state index in [1.807, 2.05) is 72.1 Å². The molecule has 0 aliphatic heterocycles. The number of hydrogen-bond acceptors (Lipinski definition) is 5. The molecule has 0 spiro atoms. The zero-order valence-electron chi connectivity index (χ0n) is 26.7. The number of fused-ring (bicyclic) bond motifs is 6. The first-order chi connectivity index (χ1) is 24.8. The van der Waals surface area contributed by atoms with Crippen LogP contribution in [0.5, 0.6) is 0 Å². The summed E-state index contributed by atoms with van der Waals surface area (Å²) in [5, 5.41) is 4.72. The van der Waals surface area contributed by atoms with Crippen LogP contribution in [0.2, 0.25) is 0 Å². The maximum atomic E-state index is 6.74. The highest BCUT2D eigenvalue weighted by molar-refractivity contribution is 7.25. The summed E-state index contributed by atoms with van der Waals surface area (Å²) < 4.78 is 9.33. The van der Waals surface area contributed by atoms with E-state index in [9.17, 15) is 0 Å². The van der Waals surface area contributed by atoms with E-state index in [0.717, 1.165) is 72.4 Å². The third-order valence-corrected chi connectivity index (χ3v) is 10.5. The highest BCUT2D eigenvalue weighted by atomic mass is 32.1. The molecule has 0 aliphatic rings. The minimum Gasteiger partial charge on any atom is -0.455 e. The lowest BCUT2D eigenvalue weighted by Crippen LogP contribution is -1.97. The van der Waals surface area contributed by atoms with Gasteiger partial charge in [0.2, 0.25) is 0 Å². The first-order valence-electron chi connectivity index (χ1n) is 16.6. The lowest BCUT2D eigenvalue weighted by atomic mass is 9.95. The first kappa shape index (κ1) is 28.6. The van der Waals surface area contributed by atoms with Crippen LogP contribution in [0, 0.1) is 0 Å². The van der Waals surface area contributed by atoms with Crippen molar-refractivity contribution in [1.82, 2.24) is 15.0 Å². The second-order valence-corrected chi connectivity index (χ2v) is 13.5. The Balaban J connectivity index is 1.20. The molecule has 234 valence electrons. The fourth-order valence-corrected chi connectivity index (χ4v) is 8.07. The van der Waals surface area contributed by atoms with Crippen LogP contribution >= 0.6 is 11.3 Å². The van der Waals surface area contributed by atoms with Crippen LogP contribution in [0.25, 0.3) is 98.4 Å². The van der Waals surface area contributed by atoms with Crippen molar-refractivity contribution >= 4 is 53.4 Å². The van der Waals surface area contributed by atoms with Crippen molar-refractivity contribution in [3.05, 3.63) is 164 Å². The normalized spacial score (nSPS) is 11.6. The second-order valence-electron chi connectivity index (χ2n) is 12.4. The molecule has 0 unspecified atom stereocenters. The standard InChI is InChI=1S/C45H27N3OS/c1-2-11-28(12-3-1)38-27-39(48-45(47-38)31-14-10-13-30(25-31)37-17-8-9-24-46-37)34-22-21-32(43-35-16-4-6-18-40(35)49-44(34)43)29-20-23-42-36(26-29)33-15-5-7-19-41(33)50-42/h1-27H. The maximum absolute atomic E-state index is 6.74. The number of benzene rings is 6. The van der Waals surface area contributed by atoms with Gasteiger partial charge in [0, 0.05) is 59.4 Å². The van der Waals surface area contributed by atoms with Crippen molar-refractivity contribution in [2.75, 3.05) is 0 Å². The van der Waals surface area contributed by atoms with Crippen molar-refractivity contribution < 1.29 is 4.42 Å². The SMILES string of the molecule is c1ccc(-c2cc(-c3ccc(-c4ccc5sc6ccccc6c5c4)c4c3oc3ccccc34)nc(-c3cccc(-c4ccccn4)c3)n2)cc1. The number of hydrogen-bond donors (Lipinski definition) is 0. The molecule has 5 heteroatoms. The topological polar surface area (TPSA) is 51.8 Å². The highest BCUT2D eigenvalue weighted by Crippen LogP contribution is 2.44. The van der Waals surface area contributed by atoms with E-state index >= 15 is 0 Å². The van der Waals surface area contributed by atoms with Crippen molar-refractivity contribution in [3.8, 4) is 56.3 Å². The van der Waals surface area contributed by atoms with Crippen LogP contribution in [0.1, 0.15) is 0 Å². The average Bonchev–Trinajstić information content (AvgIpc) is 3.77. The highest BCUT2D eigenvalue weighted by Gasteiger charge is 2.20. The Kier molecular flexibility index (Phi) is 6.64. The quantitative estimate of drug-likeness (QED) is 0.185. The number of furan rings is 1. The number of aromatic nitrogens is 3. The van der Waals surface area contributed by atoms with E-state index in [-0.39, 0.29) is 0 Å². The Labute approximate surface area is 292 Å². The predicted molar refractivity (Wildman–Crippen MR) is 207 cm³/mol. The molecule has 10 aromatic rings. The van der Waals surface area contributed by atoms with E-state index in [0.29, 0.717) is 5.82 Å².